The maximum atomic E-state index is 11.9. The van der Waals surface area contributed by atoms with Crippen LogP contribution in [0.4, 0.5) is 16.2 Å². The number of hydrogen-bond donors (Lipinski definition) is 2. The minimum absolute atomic E-state index is 0.0885. The minimum Gasteiger partial charge on any atom is -0.335 e. The zero-order valence-corrected chi connectivity index (χ0v) is 11.5. The monoisotopic (exact) mass is 277 g/mol. The van der Waals surface area contributed by atoms with Crippen molar-refractivity contribution in [3.8, 4) is 0 Å². The van der Waals surface area contributed by atoms with Crippen molar-refractivity contribution in [3.63, 3.8) is 0 Å². The first-order chi connectivity index (χ1) is 9.56. The van der Waals surface area contributed by atoms with Crippen LogP contribution in [0.2, 0.25) is 0 Å². The van der Waals surface area contributed by atoms with Crippen molar-refractivity contribution in [2.75, 3.05) is 5.32 Å². The predicted octanol–water partition coefficient (Wildman–Crippen LogP) is 3.36. The first-order valence-corrected chi connectivity index (χ1v) is 6.89. The van der Waals surface area contributed by atoms with Crippen molar-refractivity contribution in [1.82, 2.24) is 5.32 Å². The molecule has 0 aliphatic heterocycles. The molecule has 1 fully saturated rings. The van der Waals surface area contributed by atoms with Crippen molar-refractivity contribution in [2.45, 2.75) is 45.1 Å². The minimum atomic E-state index is -0.490. The molecule has 0 radical (unpaired) electrons. The number of urea groups is 1. The van der Waals surface area contributed by atoms with Crippen LogP contribution in [0.3, 0.4) is 0 Å². The highest BCUT2D eigenvalue weighted by molar-refractivity contribution is 5.92. The molecule has 0 spiro atoms. The highest BCUT2D eigenvalue weighted by atomic mass is 16.6. The fourth-order valence-electron chi connectivity index (χ4n) is 2.50. The van der Waals surface area contributed by atoms with Gasteiger partial charge in [0.25, 0.3) is 5.69 Å². The van der Waals surface area contributed by atoms with Crippen LogP contribution in [0.5, 0.6) is 0 Å². The molecule has 1 aliphatic rings. The van der Waals surface area contributed by atoms with E-state index in [1.165, 1.54) is 12.5 Å². The molecule has 2 N–H and O–H groups in total. The molecule has 0 saturated heterocycles. The van der Waals surface area contributed by atoms with Crippen molar-refractivity contribution in [1.29, 1.82) is 0 Å². The van der Waals surface area contributed by atoms with Gasteiger partial charge in [-0.3, -0.25) is 10.1 Å². The van der Waals surface area contributed by atoms with E-state index < -0.39 is 4.92 Å². The van der Waals surface area contributed by atoms with E-state index in [4.69, 9.17) is 0 Å². The molecule has 20 heavy (non-hydrogen) atoms. The van der Waals surface area contributed by atoms with Crippen LogP contribution in [0.25, 0.3) is 0 Å². The first-order valence-electron chi connectivity index (χ1n) is 6.89. The quantitative estimate of drug-likeness (QED) is 0.656. The number of nitro benzene ring substituents is 1. The van der Waals surface area contributed by atoms with E-state index in [0.29, 0.717) is 0 Å². The number of benzene rings is 1. The molecule has 108 valence electrons. The highest BCUT2D eigenvalue weighted by Crippen LogP contribution is 2.25. The maximum absolute atomic E-state index is 11.9. The maximum Gasteiger partial charge on any atom is 0.319 e. The largest absolute Gasteiger partial charge is 0.335 e. The SMILES string of the molecule is Cc1ccc([N+](=O)[O-])c(NC(=O)NC2CCCCC2)c1. The Morgan fingerprint density at radius 1 is 1.30 bits per heavy atom. The van der Waals surface area contributed by atoms with E-state index in [1.807, 2.05) is 6.92 Å². The Morgan fingerprint density at radius 3 is 2.65 bits per heavy atom. The molecular weight excluding hydrogens is 258 g/mol. The fraction of sp³-hybridized carbons (Fsp3) is 0.500. The van der Waals surface area contributed by atoms with Gasteiger partial charge in [-0.2, -0.15) is 0 Å². The third-order valence-corrected chi connectivity index (χ3v) is 3.54. The molecule has 0 unspecified atom stereocenters. The van der Waals surface area contributed by atoms with Crippen LogP contribution in [-0.4, -0.2) is 17.0 Å². The summed E-state index contributed by atoms with van der Waals surface area (Å²) in [5.74, 6) is 0. The second kappa shape index (κ2) is 6.36. The number of carbonyl (C=O) groups is 1. The van der Waals surface area contributed by atoms with Gasteiger partial charge in [-0.1, -0.05) is 25.3 Å². The van der Waals surface area contributed by atoms with Gasteiger partial charge in [0.1, 0.15) is 5.69 Å². The Hall–Kier alpha value is -2.11. The van der Waals surface area contributed by atoms with Crippen LogP contribution >= 0.6 is 0 Å². The van der Waals surface area contributed by atoms with Gasteiger partial charge in [0.15, 0.2) is 0 Å². The summed E-state index contributed by atoms with van der Waals surface area (Å²) < 4.78 is 0. The molecule has 0 bridgehead atoms. The van der Waals surface area contributed by atoms with Gasteiger partial charge >= 0.3 is 6.03 Å². The van der Waals surface area contributed by atoms with Gasteiger partial charge in [0.05, 0.1) is 4.92 Å². The van der Waals surface area contributed by atoms with E-state index in [9.17, 15) is 14.9 Å². The number of hydrogen-bond acceptors (Lipinski definition) is 3. The molecule has 1 aromatic rings. The van der Waals surface area contributed by atoms with Crippen LogP contribution < -0.4 is 10.6 Å². The van der Waals surface area contributed by atoms with Crippen molar-refractivity contribution in [2.24, 2.45) is 0 Å². The normalized spacial score (nSPS) is 15.7. The summed E-state index contributed by atoms with van der Waals surface area (Å²) in [6, 6.07) is 4.48. The summed E-state index contributed by atoms with van der Waals surface area (Å²) in [6.07, 6.45) is 5.40. The number of carbonyl (C=O) groups excluding carboxylic acids is 1. The Kier molecular flexibility index (Phi) is 4.55. The van der Waals surface area contributed by atoms with Crippen LogP contribution in [0.1, 0.15) is 37.7 Å². The molecule has 1 saturated carbocycles. The molecule has 2 rings (SSSR count). The summed E-state index contributed by atoms with van der Waals surface area (Å²) in [6.45, 7) is 1.83. The molecule has 6 heteroatoms. The van der Waals surface area contributed by atoms with Gasteiger partial charge in [-0.15, -0.1) is 0 Å². The molecule has 1 aromatic carbocycles. The third-order valence-electron chi connectivity index (χ3n) is 3.54. The number of amides is 2. The lowest BCUT2D eigenvalue weighted by molar-refractivity contribution is -0.383. The fourth-order valence-corrected chi connectivity index (χ4v) is 2.50. The zero-order valence-electron chi connectivity index (χ0n) is 11.5. The van der Waals surface area contributed by atoms with Gasteiger partial charge in [-0.05, 0) is 31.4 Å². The third kappa shape index (κ3) is 3.69. The lowest BCUT2D eigenvalue weighted by Gasteiger charge is -2.22. The summed E-state index contributed by atoms with van der Waals surface area (Å²) >= 11 is 0. The van der Waals surface area contributed by atoms with Crippen LogP contribution in [0.15, 0.2) is 18.2 Å². The second-order valence-corrected chi connectivity index (χ2v) is 5.21. The Balaban J connectivity index is 2.03. The topological polar surface area (TPSA) is 84.3 Å². The first kappa shape index (κ1) is 14.3. The van der Waals surface area contributed by atoms with E-state index in [-0.39, 0.29) is 23.4 Å². The number of nitrogens with one attached hydrogen (secondary N) is 2. The molecular formula is C14H19N3O3. The highest BCUT2D eigenvalue weighted by Gasteiger charge is 2.19. The summed E-state index contributed by atoms with van der Waals surface area (Å²) in [5, 5.41) is 16.4. The molecule has 2 amide bonds. The van der Waals surface area contributed by atoms with Gasteiger partial charge in [0.2, 0.25) is 0 Å². The predicted molar refractivity (Wildman–Crippen MR) is 76.9 cm³/mol. The van der Waals surface area contributed by atoms with Crippen molar-refractivity contribution < 1.29 is 9.72 Å². The standard InChI is InChI=1S/C14H19N3O3/c1-10-7-8-13(17(19)20)12(9-10)16-14(18)15-11-5-3-2-4-6-11/h7-9,11H,2-6H2,1H3,(H2,15,16,18). The number of nitro groups is 1. The van der Waals surface area contributed by atoms with Gasteiger partial charge in [0, 0.05) is 12.1 Å². The molecule has 0 aromatic heterocycles. The van der Waals surface area contributed by atoms with Gasteiger partial charge in [-0.25, -0.2) is 4.79 Å². The number of anilines is 1. The smallest absolute Gasteiger partial charge is 0.319 e. The Labute approximate surface area is 117 Å². The van der Waals surface area contributed by atoms with Gasteiger partial charge < -0.3 is 10.6 Å². The lowest BCUT2D eigenvalue weighted by Crippen LogP contribution is -2.39. The van der Waals surface area contributed by atoms with Crippen LogP contribution in [0, 0.1) is 17.0 Å². The van der Waals surface area contributed by atoms with Crippen molar-refractivity contribution >= 4 is 17.4 Å². The van der Waals surface area contributed by atoms with E-state index in [0.717, 1.165) is 31.2 Å². The molecule has 6 nitrogen and oxygen atoms in total. The Morgan fingerprint density at radius 2 is 2.00 bits per heavy atom. The lowest BCUT2D eigenvalue weighted by atomic mass is 9.96. The summed E-state index contributed by atoms with van der Waals surface area (Å²) in [4.78, 5) is 22.4. The van der Waals surface area contributed by atoms with E-state index in [2.05, 4.69) is 10.6 Å². The van der Waals surface area contributed by atoms with Crippen molar-refractivity contribution in [3.05, 3.63) is 33.9 Å². The average molecular weight is 277 g/mol. The molecule has 0 atom stereocenters. The van der Waals surface area contributed by atoms with Crippen LogP contribution in [-0.2, 0) is 0 Å². The molecule has 0 heterocycles. The van der Waals surface area contributed by atoms with E-state index >= 15 is 0 Å². The number of rotatable bonds is 3. The second-order valence-electron chi connectivity index (χ2n) is 5.21. The van der Waals surface area contributed by atoms with E-state index in [1.54, 1.807) is 12.1 Å². The number of nitrogens with zero attached hydrogens (tertiary/aromatic N) is 1. The molecule has 1 aliphatic carbocycles. The summed E-state index contributed by atoms with van der Waals surface area (Å²) in [7, 11) is 0. The number of aryl methyl sites for hydroxylation is 1. The summed E-state index contributed by atoms with van der Waals surface area (Å²) in [5.41, 5.74) is 1.02. The Bertz CT molecular complexity index is 510. The average Bonchev–Trinajstić information content (AvgIpc) is 2.39. The zero-order chi connectivity index (χ0) is 14.5.